The molecular formula is C14H28. The Hall–Kier alpha value is -0.260. The molecule has 0 aromatic heterocycles. The molecule has 1 rings (SSSR count). The molecule has 0 nitrogen and oxygen atoms in total. The zero-order valence-corrected chi connectivity index (χ0v) is 11.1. The molecule has 0 heteroatoms. The Bertz CT molecular complexity index is 184. The van der Waals surface area contributed by atoms with Gasteiger partial charge in [-0.2, -0.15) is 0 Å². The largest absolute Gasteiger partial charge is 0.0817 e. The molecule has 1 unspecified atom stereocenters. The number of hydrogen-bond donors (Lipinski definition) is 0. The van der Waals surface area contributed by atoms with Crippen LogP contribution in [0.25, 0.3) is 0 Å². The van der Waals surface area contributed by atoms with Crippen molar-refractivity contribution in [2.24, 2.45) is 17.3 Å². The molecule has 0 aliphatic heterocycles. The van der Waals surface area contributed by atoms with Crippen molar-refractivity contribution in [3.05, 3.63) is 11.6 Å². The van der Waals surface area contributed by atoms with Crippen molar-refractivity contribution >= 4 is 0 Å². The average molecular weight is 196 g/mol. The van der Waals surface area contributed by atoms with E-state index in [1.807, 2.05) is 13.8 Å². The Labute approximate surface area is 90.8 Å². The number of allylic oxidation sites excluding steroid dienone is 2. The third-order valence-corrected chi connectivity index (χ3v) is 3.50. The minimum absolute atomic E-state index is 0.526. The summed E-state index contributed by atoms with van der Waals surface area (Å²) >= 11 is 0. The molecule has 0 N–H and O–H groups in total. The van der Waals surface area contributed by atoms with E-state index in [2.05, 4.69) is 40.7 Å². The van der Waals surface area contributed by atoms with E-state index < -0.39 is 0 Å². The Morgan fingerprint density at radius 1 is 1.29 bits per heavy atom. The van der Waals surface area contributed by atoms with Gasteiger partial charge in [-0.3, -0.25) is 0 Å². The second-order valence-corrected chi connectivity index (χ2v) is 5.17. The van der Waals surface area contributed by atoms with Crippen LogP contribution in [0.4, 0.5) is 0 Å². The van der Waals surface area contributed by atoms with Gasteiger partial charge in [0, 0.05) is 0 Å². The van der Waals surface area contributed by atoms with Crippen LogP contribution in [-0.4, -0.2) is 0 Å². The summed E-state index contributed by atoms with van der Waals surface area (Å²) in [5.41, 5.74) is 2.19. The molecule has 0 saturated carbocycles. The van der Waals surface area contributed by atoms with E-state index >= 15 is 0 Å². The molecule has 0 aromatic rings. The highest BCUT2D eigenvalue weighted by Crippen LogP contribution is 2.40. The molecule has 0 saturated heterocycles. The van der Waals surface area contributed by atoms with Gasteiger partial charge in [0.2, 0.25) is 0 Å². The lowest BCUT2D eigenvalue weighted by Gasteiger charge is -2.36. The summed E-state index contributed by atoms with van der Waals surface area (Å²) in [5, 5.41) is 0. The first-order valence-electron chi connectivity index (χ1n) is 6.14. The van der Waals surface area contributed by atoms with Crippen molar-refractivity contribution in [3.8, 4) is 0 Å². The summed E-state index contributed by atoms with van der Waals surface area (Å²) in [6, 6.07) is 0. The Kier molecular flexibility index (Phi) is 5.48. The van der Waals surface area contributed by atoms with Crippen LogP contribution in [0.1, 0.15) is 61.3 Å². The van der Waals surface area contributed by atoms with E-state index in [0.717, 1.165) is 11.8 Å². The Balaban J connectivity index is 0.000000791. The van der Waals surface area contributed by atoms with E-state index in [1.165, 1.54) is 12.8 Å². The van der Waals surface area contributed by atoms with Crippen molar-refractivity contribution in [3.63, 3.8) is 0 Å². The lowest BCUT2D eigenvalue weighted by Crippen LogP contribution is -2.24. The monoisotopic (exact) mass is 196 g/mol. The lowest BCUT2D eigenvalue weighted by atomic mass is 9.70. The predicted octanol–water partition coefficient (Wildman–Crippen LogP) is 5.05. The maximum absolute atomic E-state index is 2.49. The first-order chi connectivity index (χ1) is 6.43. The van der Waals surface area contributed by atoms with Crippen LogP contribution in [-0.2, 0) is 0 Å². The van der Waals surface area contributed by atoms with Crippen LogP contribution in [0.5, 0.6) is 0 Å². The van der Waals surface area contributed by atoms with E-state index in [0.29, 0.717) is 5.41 Å². The van der Waals surface area contributed by atoms with Gasteiger partial charge in [0.05, 0.1) is 0 Å². The van der Waals surface area contributed by atoms with E-state index in [-0.39, 0.29) is 0 Å². The first kappa shape index (κ1) is 13.7. The standard InChI is InChI=1S/C12H22.C2H6/c1-9(2)11-6-7-12(4,5)10(3)8-11;1-2/h8-10H,6-7H2,1-5H3;1-2H3. The van der Waals surface area contributed by atoms with Gasteiger partial charge in [-0.15, -0.1) is 0 Å². The van der Waals surface area contributed by atoms with Crippen LogP contribution in [0.15, 0.2) is 11.6 Å². The van der Waals surface area contributed by atoms with Crippen LogP contribution >= 0.6 is 0 Å². The molecule has 0 aromatic carbocycles. The maximum atomic E-state index is 2.49. The fourth-order valence-electron chi connectivity index (χ4n) is 1.81. The number of rotatable bonds is 1. The van der Waals surface area contributed by atoms with Crippen molar-refractivity contribution in [1.29, 1.82) is 0 Å². The normalized spacial score (nSPS) is 25.1. The third-order valence-electron chi connectivity index (χ3n) is 3.50. The van der Waals surface area contributed by atoms with Crippen molar-refractivity contribution in [2.45, 2.75) is 61.3 Å². The molecule has 1 aliphatic carbocycles. The van der Waals surface area contributed by atoms with Gasteiger partial charge in [-0.1, -0.05) is 60.1 Å². The second-order valence-electron chi connectivity index (χ2n) is 5.17. The van der Waals surface area contributed by atoms with Gasteiger partial charge < -0.3 is 0 Å². The molecule has 14 heavy (non-hydrogen) atoms. The summed E-state index contributed by atoms with van der Waals surface area (Å²) in [5.74, 6) is 1.51. The first-order valence-corrected chi connectivity index (χ1v) is 6.14. The summed E-state index contributed by atoms with van der Waals surface area (Å²) in [6.07, 6.45) is 5.17. The van der Waals surface area contributed by atoms with E-state index in [4.69, 9.17) is 0 Å². The van der Waals surface area contributed by atoms with Gasteiger partial charge in [0.25, 0.3) is 0 Å². The Morgan fingerprint density at radius 3 is 2.14 bits per heavy atom. The summed E-state index contributed by atoms with van der Waals surface area (Å²) in [7, 11) is 0. The van der Waals surface area contributed by atoms with Crippen molar-refractivity contribution in [1.82, 2.24) is 0 Å². The molecule has 1 aliphatic rings. The third kappa shape index (κ3) is 3.48. The van der Waals surface area contributed by atoms with E-state index in [9.17, 15) is 0 Å². The van der Waals surface area contributed by atoms with E-state index in [1.54, 1.807) is 5.57 Å². The molecule has 0 amide bonds. The van der Waals surface area contributed by atoms with Crippen molar-refractivity contribution in [2.75, 3.05) is 0 Å². The summed E-state index contributed by atoms with van der Waals surface area (Å²) < 4.78 is 0. The fraction of sp³-hybridized carbons (Fsp3) is 0.857. The van der Waals surface area contributed by atoms with Crippen LogP contribution in [0, 0.1) is 17.3 Å². The van der Waals surface area contributed by atoms with Crippen LogP contribution < -0.4 is 0 Å². The van der Waals surface area contributed by atoms with Gasteiger partial charge in [0.1, 0.15) is 0 Å². The summed E-state index contributed by atoms with van der Waals surface area (Å²) in [6.45, 7) is 15.7. The molecule has 1 atom stereocenters. The smallest absolute Gasteiger partial charge is 0.0208 e. The molecule has 0 radical (unpaired) electrons. The zero-order valence-electron chi connectivity index (χ0n) is 11.1. The molecule has 0 bridgehead atoms. The van der Waals surface area contributed by atoms with Gasteiger partial charge in [-0.25, -0.2) is 0 Å². The molecule has 84 valence electrons. The molecule has 0 fully saturated rings. The SMILES string of the molecule is CC.CC(C)C1=CC(C)C(C)(C)CC1. The van der Waals surface area contributed by atoms with Gasteiger partial charge >= 0.3 is 0 Å². The minimum atomic E-state index is 0.526. The Morgan fingerprint density at radius 2 is 1.79 bits per heavy atom. The molecular weight excluding hydrogens is 168 g/mol. The van der Waals surface area contributed by atoms with Crippen LogP contribution in [0.2, 0.25) is 0 Å². The van der Waals surface area contributed by atoms with Crippen molar-refractivity contribution < 1.29 is 0 Å². The van der Waals surface area contributed by atoms with Gasteiger partial charge in [-0.05, 0) is 30.1 Å². The lowest BCUT2D eigenvalue weighted by molar-refractivity contribution is 0.235. The highest BCUT2D eigenvalue weighted by atomic mass is 14.3. The molecule has 0 spiro atoms. The second kappa shape index (κ2) is 5.58. The van der Waals surface area contributed by atoms with Crippen LogP contribution in [0.3, 0.4) is 0 Å². The average Bonchev–Trinajstić information content (AvgIpc) is 2.13. The maximum Gasteiger partial charge on any atom is -0.0208 e. The highest BCUT2D eigenvalue weighted by Gasteiger charge is 2.28. The highest BCUT2D eigenvalue weighted by molar-refractivity contribution is 5.13. The number of hydrogen-bond acceptors (Lipinski definition) is 0. The summed E-state index contributed by atoms with van der Waals surface area (Å²) in [4.78, 5) is 0. The quantitative estimate of drug-likeness (QED) is 0.515. The van der Waals surface area contributed by atoms with Gasteiger partial charge in [0.15, 0.2) is 0 Å². The minimum Gasteiger partial charge on any atom is -0.0817 e. The predicted molar refractivity (Wildman–Crippen MR) is 66.4 cm³/mol. The molecule has 0 heterocycles. The fourth-order valence-corrected chi connectivity index (χ4v) is 1.81. The topological polar surface area (TPSA) is 0 Å². The zero-order chi connectivity index (χ0) is 11.4.